The Morgan fingerprint density at radius 1 is 1.07 bits per heavy atom. The summed E-state index contributed by atoms with van der Waals surface area (Å²) in [5.41, 5.74) is 5.43. The number of methoxy groups -OCH3 is 1. The Hall–Kier alpha value is -2.63. The lowest BCUT2D eigenvalue weighted by atomic mass is 9.92. The van der Waals surface area contributed by atoms with E-state index in [2.05, 4.69) is 69.4 Å². The van der Waals surface area contributed by atoms with E-state index < -0.39 is 0 Å². The van der Waals surface area contributed by atoms with Gasteiger partial charge in [-0.05, 0) is 60.9 Å². The van der Waals surface area contributed by atoms with Crippen molar-refractivity contribution in [3.8, 4) is 5.75 Å². The Labute approximate surface area is 186 Å². The lowest BCUT2D eigenvalue weighted by Gasteiger charge is -2.39. The third-order valence-electron chi connectivity index (χ3n) is 5.42. The summed E-state index contributed by atoms with van der Waals surface area (Å²) in [5.74, 6) is 1.78. The van der Waals surface area contributed by atoms with Crippen LogP contribution in [0, 0.1) is 6.92 Å². The summed E-state index contributed by atoms with van der Waals surface area (Å²) in [6.45, 7) is 2.88. The molecule has 4 rings (SSSR count). The SMILES string of the molecule is COc1ccc(C2=Nc3ccc(Br)cc3C(c3ccccc3)N2CCCO)cc1C. The van der Waals surface area contributed by atoms with E-state index in [1.54, 1.807) is 7.11 Å². The first-order valence-electron chi connectivity index (χ1n) is 10.1. The van der Waals surface area contributed by atoms with Gasteiger partial charge in [0.2, 0.25) is 0 Å². The van der Waals surface area contributed by atoms with Gasteiger partial charge in [-0.3, -0.25) is 0 Å². The molecule has 1 heterocycles. The van der Waals surface area contributed by atoms with Crippen molar-refractivity contribution in [3.63, 3.8) is 0 Å². The number of aliphatic hydroxyl groups is 1. The molecule has 3 aromatic rings. The van der Waals surface area contributed by atoms with Crippen LogP contribution in [0.15, 0.2) is 76.2 Å². The number of hydrogen-bond donors (Lipinski definition) is 1. The Morgan fingerprint density at radius 2 is 1.87 bits per heavy atom. The number of hydrogen-bond acceptors (Lipinski definition) is 4. The van der Waals surface area contributed by atoms with E-state index in [9.17, 15) is 5.11 Å². The molecule has 0 amide bonds. The van der Waals surface area contributed by atoms with E-state index in [1.165, 1.54) is 5.56 Å². The van der Waals surface area contributed by atoms with Crippen molar-refractivity contribution in [2.45, 2.75) is 19.4 Å². The molecule has 0 aliphatic carbocycles. The minimum Gasteiger partial charge on any atom is -0.496 e. The highest BCUT2D eigenvalue weighted by molar-refractivity contribution is 9.10. The summed E-state index contributed by atoms with van der Waals surface area (Å²) in [6, 6.07) is 22.9. The fourth-order valence-corrected chi connectivity index (χ4v) is 4.41. The second-order valence-corrected chi connectivity index (χ2v) is 8.32. The molecule has 1 aliphatic rings. The number of fused-ring (bicyclic) bond motifs is 1. The number of benzene rings is 3. The van der Waals surface area contributed by atoms with Crippen LogP contribution in [0.1, 0.15) is 34.7 Å². The number of aliphatic imine (C=N–C) groups is 1. The minimum atomic E-state index is 0.0140. The Morgan fingerprint density at radius 3 is 2.57 bits per heavy atom. The number of amidine groups is 1. The molecular formula is C25H25BrN2O2. The lowest BCUT2D eigenvalue weighted by molar-refractivity contribution is 0.254. The first-order valence-corrected chi connectivity index (χ1v) is 10.9. The van der Waals surface area contributed by atoms with Gasteiger partial charge >= 0.3 is 0 Å². The molecule has 5 heteroatoms. The van der Waals surface area contributed by atoms with Gasteiger partial charge < -0.3 is 14.7 Å². The fourth-order valence-electron chi connectivity index (χ4n) is 4.03. The Bertz CT molecular complexity index is 1070. The fraction of sp³-hybridized carbons (Fsp3) is 0.240. The van der Waals surface area contributed by atoms with Gasteiger partial charge in [0, 0.05) is 28.8 Å². The summed E-state index contributed by atoms with van der Waals surface area (Å²) >= 11 is 3.63. The molecule has 0 aromatic heterocycles. The molecule has 154 valence electrons. The van der Waals surface area contributed by atoms with Gasteiger partial charge in [0.15, 0.2) is 0 Å². The van der Waals surface area contributed by atoms with Crippen molar-refractivity contribution in [2.24, 2.45) is 4.99 Å². The standard InChI is InChI=1S/C25H25BrN2O2/c1-17-15-19(9-12-23(17)30-2)25-27-22-11-10-20(26)16-21(22)24(28(25)13-6-14-29)18-7-4-3-5-8-18/h3-5,7-12,15-16,24,29H,6,13-14H2,1-2H3. The van der Waals surface area contributed by atoms with Gasteiger partial charge in [0.25, 0.3) is 0 Å². The zero-order valence-corrected chi connectivity index (χ0v) is 18.8. The molecule has 0 spiro atoms. The molecule has 0 bridgehead atoms. The van der Waals surface area contributed by atoms with Crippen LogP contribution in [-0.4, -0.2) is 36.1 Å². The average molecular weight is 465 g/mol. The molecular weight excluding hydrogens is 440 g/mol. The maximum Gasteiger partial charge on any atom is 0.137 e. The highest BCUT2D eigenvalue weighted by Crippen LogP contribution is 2.41. The second kappa shape index (κ2) is 9.02. The van der Waals surface area contributed by atoms with Gasteiger partial charge in [0.05, 0.1) is 18.8 Å². The van der Waals surface area contributed by atoms with Crippen LogP contribution in [0.5, 0.6) is 5.75 Å². The van der Waals surface area contributed by atoms with E-state index in [0.29, 0.717) is 13.0 Å². The van der Waals surface area contributed by atoms with Gasteiger partial charge in [-0.15, -0.1) is 0 Å². The largest absolute Gasteiger partial charge is 0.496 e. The molecule has 1 unspecified atom stereocenters. The summed E-state index contributed by atoms with van der Waals surface area (Å²) < 4.78 is 6.48. The van der Waals surface area contributed by atoms with Crippen LogP contribution in [0.2, 0.25) is 0 Å². The van der Waals surface area contributed by atoms with Crippen LogP contribution < -0.4 is 4.74 Å². The summed E-state index contributed by atoms with van der Waals surface area (Å²) in [6.07, 6.45) is 0.667. The molecule has 1 aliphatic heterocycles. The van der Waals surface area contributed by atoms with Crippen molar-refractivity contribution >= 4 is 27.5 Å². The maximum absolute atomic E-state index is 9.57. The smallest absolute Gasteiger partial charge is 0.137 e. The number of ether oxygens (including phenoxy) is 1. The summed E-state index contributed by atoms with van der Waals surface area (Å²) in [4.78, 5) is 7.37. The van der Waals surface area contributed by atoms with Crippen LogP contribution in [0.3, 0.4) is 0 Å². The second-order valence-electron chi connectivity index (χ2n) is 7.41. The topological polar surface area (TPSA) is 45.1 Å². The zero-order chi connectivity index (χ0) is 21.1. The Kier molecular flexibility index (Phi) is 6.21. The molecule has 0 saturated heterocycles. The molecule has 1 N–H and O–H groups in total. The minimum absolute atomic E-state index is 0.0140. The molecule has 0 radical (unpaired) electrons. The number of aliphatic hydroxyl groups excluding tert-OH is 1. The average Bonchev–Trinajstić information content (AvgIpc) is 2.77. The number of nitrogens with zero attached hydrogens (tertiary/aromatic N) is 2. The summed E-state index contributed by atoms with van der Waals surface area (Å²) in [5, 5.41) is 9.57. The summed E-state index contributed by atoms with van der Waals surface area (Å²) in [7, 11) is 1.69. The van der Waals surface area contributed by atoms with Gasteiger partial charge in [-0.1, -0.05) is 46.3 Å². The Balaban J connectivity index is 1.91. The van der Waals surface area contributed by atoms with E-state index in [4.69, 9.17) is 9.73 Å². The van der Waals surface area contributed by atoms with Crippen LogP contribution in [0.25, 0.3) is 0 Å². The van der Waals surface area contributed by atoms with Crippen LogP contribution in [-0.2, 0) is 0 Å². The van der Waals surface area contributed by atoms with Gasteiger partial charge in [-0.25, -0.2) is 4.99 Å². The van der Waals surface area contributed by atoms with Gasteiger partial charge in [0.1, 0.15) is 11.6 Å². The molecule has 30 heavy (non-hydrogen) atoms. The highest BCUT2D eigenvalue weighted by Gasteiger charge is 2.32. The predicted molar refractivity (Wildman–Crippen MR) is 125 cm³/mol. The normalized spacial score (nSPS) is 15.5. The molecule has 0 saturated carbocycles. The molecule has 4 nitrogen and oxygen atoms in total. The molecule has 1 atom stereocenters. The first-order chi connectivity index (χ1) is 14.6. The highest BCUT2D eigenvalue weighted by atomic mass is 79.9. The molecule has 0 fully saturated rings. The van der Waals surface area contributed by atoms with Crippen molar-refractivity contribution in [1.82, 2.24) is 4.90 Å². The lowest BCUT2D eigenvalue weighted by Crippen LogP contribution is -2.39. The zero-order valence-electron chi connectivity index (χ0n) is 17.2. The van der Waals surface area contributed by atoms with Crippen LogP contribution >= 0.6 is 15.9 Å². The van der Waals surface area contributed by atoms with Crippen LogP contribution in [0.4, 0.5) is 5.69 Å². The molecule has 3 aromatic carbocycles. The van der Waals surface area contributed by atoms with Crippen molar-refractivity contribution < 1.29 is 9.84 Å². The van der Waals surface area contributed by atoms with Gasteiger partial charge in [-0.2, -0.15) is 0 Å². The first kappa shape index (κ1) is 20.6. The number of rotatable bonds is 6. The number of aryl methyl sites for hydroxylation is 1. The monoisotopic (exact) mass is 464 g/mol. The third kappa shape index (κ3) is 4.00. The number of halogens is 1. The quantitative estimate of drug-likeness (QED) is 0.513. The van der Waals surface area contributed by atoms with E-state index in [0.717, 1.165) is 38.4 Å². The van der Waals surface area contributed by atoms with E-state index in [-0.39, 0.29) is 12.6 Å². The van der Waals surface area contributed by atoms with Crippen molar-refractivity contribution in [3.05, 3.63) is 93.5 Å². The van der Waals surface area contributed by atoms with E-state index >= 15 is 0 Å². The van der Waals surface area contributed by atoms with E-state index in [1.807, 2.05) is 25.1 Å². The van der Waals surface area contributed by atoms with Crippen molar-refractivity contribution in [1.29, 1.82) is 0 Å². The predicted octanol–water partition coefficient (Wildman–Crippen LogP) is 5.63. The van der Waals surface area contributed by atoms with Crippen molar-refractivity contribution in [2.75, 3.05) is 20.3 Å². The maximum atomic E-state index is 9.57. The third-order valence-corrected chi connectivity index (χ3v) is 5.91.